The van der Waals surface area contributed by atoms with Gasteiger partial charge >= 0.3 is 0 Å². The van der Waals surface area contributed by atoms with Gasteiger partial charge in [-0.3, -0.25) is 0 Å². The molecule has 3 heteroatoms. The van der Waals surface area contributed by atoms with E-state index in [1.165, 1.54) is 6.21 Å². The summed E-state index contributed by atoms with van der Waals surface area (Å²) in [5.41, 5.74) is 0.870. The number of aliphatic imine (C=N–C) groups is 1. The van der Waals surface area contributed by atoms with Crippen LogP contribution < -0.4 is 0 Å². The lowest BCUT2D eigenvalue weighted by Crippen LogP contribution is -2.15. The van der Waals surface area contributed by atoms with Crippen molar-refractivity contribution in [1.82, 2.24) is 0 Å². The summed E-state index contributed by atoms with van der Waals surface area (Å²) in [6, 6.07) is 0. The van der Waals surface area contributed by atoms with Crippen LogP contribution in [0.4, 0.5) is 0 Å². The molecule has 0 spiro atoms. The van der Waals surface area contributed by atoms with E-state index in [-0.39, 0.29) is 5.92 Å². The molecule has 0 fully saturated rings. The first-order chi connectivity index (χ1) is 5.74. The predicted molar refractivity (Wildman–Crippen MR) is 46.5 cm³/mol. The van der Waals surface area contributed by atoms with Crippen LogP contribution in [0.1, 0.15) is 6.92 Å². The summed E-state index contributed by atoms with van der Waals surface area (Å²) in [7, 11) is 0. The number of rotatable bonds is 1. The van der Waals surface area contributed by atoms with Crippen LogP contribution in [0.25, 0.3) is 0 Å². The Bertz CT molecular complexity index is 283. The lowest BCUT2D eigenvalue weighted by atomic mass is 9.96. The maximum absolute atomic E-state index is 9.28. The SMILES string of the molecule is CC1C=C(C=NC#N)C=CC1O. The third kappa shape index (κ3) is 2.04. The Kier molecular flexibility index (Phi) is 2.78. The van der Waals surface area contributed by atoms with E-state index in [2.05, 4.69) is 4.99 Å². The van der Waals surface area contributed by atoms with Crippen LogP contribution >= 0.6 is 0 Å². The van der Waals surface area contributed by atoms with Crippen LogP contribution in [0.15, 0.2) is 28.8 Å². The van der Waals surface area contributed by atoms with Gasteiger partial charge in [0.15, 0.2) is 0 Å². The molecule has 0 saturated heterocycles. The van der Waals surface area contributed by atoms with Crippen molar-refractivity contribution >= 4 is 6.21 Å². The van der Waals surface area contributed by atoms with Gasteiger partial charge in [-0.05, 0) is 5.57 Å². The second-order valence-electron chi connectivity index (χ2n) is 2.73. The van der Waals surface area contributed by atoms with Gasteiger partial charge in [0.25, 0.3) is 0 Å². The van der Waals surface area contributed by atoms with Crippen molar-refractivity contribution in [1.29, 1.82) is 5.26 Å². The Hall–Kier alpha value is -1.40. The van der Waals surface area contributed by atoms with E-state index in [4.69, 9.17) is 5.26 Å². The molecule has 62 valence electrons. The zero-order chi connectivity index (χ0) is 8.97. The number of hydrogen-bond acceptors (Lipinski definition) is 3. The summed E-state index contributed by atoms with van der Waals surface area (Å²) >= 11 is 0. The number of allylic oxidation sites excluding steroid dienone is 2. The second-order valence-corrected chi connectivity index (χ2v) is 2.73. The van der Waals surface area contributed by atoms with Crippen molar-refractivity contribution in [2.45, 2.75) is 13.0 Å². The van der Waals surface area contributed by atoms with Gasteiger partial charge in [-0.15, -0.1) is 0 Å². The molecule has 0 saturated carbocycles. The number of aliphatic hydroxyl groups excluding tert-OH is 1. The molecule has 0 heterocycles. The van der Waals surface area contributed by atoms with Crippen LogP contribution in [0.3, 0.4) is 0 Å². The van der Waals surface area contributed by atoms with Crippen LogP contribution in [0, 0.1) is 17.4 Å². The molecule has 1 N–H and O–H groups in total. The lowest BCUT2D eigenvalue weighted by molar-refractivity contribution is 0.183. The Balaban J connectivity index is 2.71. The van der Waals surface area contributed by atoms with E-state index in [0.717, 1.165) is 5.57 Å². The van der Waals surface area contributed by atoms with Gasteiger partial charge in [-0.25, -0.2) is 0 Å². The molecule has 0 amide bonds. The van der Waals surface area contributed by atoms with Crippen molar-refractivity contribution in [2.75, 3.05) is 0 Å². The van der Waals surface area contributed by atoms with Crippen LogP contribution in [0.5, 0.6) is 0 Å². The highest BCUT2D eigenvalue weighted by molar-refractivity contribution is 5.83. The number of aliphatic hydroxyl groups is 1. The first-order valence-electron chi connectivity index (χ1n) is 3.74. The zero-order valence-corrected chi connectivity index (χ0v) is 6.81. The number of nitriles is 1. The Morgan fingerprint density at radius 2 is 2.50 bits per heavy atom. The zero-order valence-electron chi connectivity index (χ0n) is 6.81. The third-order valence-corrected chi connectivity index (χ3v) is 1.75. The van der Waals surface area contributed by atoms with Crippen LogP contribution in [-0.2, 0) is 0 Å². The van der Waals surface area contributed by atoms with Gasteiger partial charge in [0, 0.05) is 12.1 Å². The van der Waals surface area contributed by atoms with E-state index >= 15 is 0 Å². The normalized spacial score (nSPS) is 28.6. The summed E-state index contributed by atoms with van der Waals surface area (Å²) in [5, 5.41) is 17.4. The largest absolute Gasteiger partial charge is 0.388 e. The Morgan fingerprint density at radius 1 is 1.75 bits per heavy atom. The first kappa shape index (κ1) is 8.69. The minimum absolute atomic E-state index is 0.0927. The van der Waals surface area contributed by atoms with Gasteiger partial charge in [-0.1, -0.05) is 25.2 Å². The topological polar surface area (TPSA) is 56.4 Å². The fourth-order valence-corrected chi connectivity index (χ4v) is 1.03. The first-order valence-corrected chi connectivity index (χ1v) is 3.74. The highest BCUT2D eigenvalue weighted by Gasteiger charge is 2.12. The van der Waals surface area contributed by atoms with E-state index in [1.807, 2.05) is 13.0 Å². The van der Waals surface area contributed by atoms with Gasteiger partial charge in [0.05, 0.1) is 6.10 Å². The molecule has 3 nitrogen and oxygen atoms in total. The van der Waals surface area contributed by atoms with E-state index in [0.29, 0.717) is 0 Å². The van der Waals surface area contributed by atoms with Crippen molar-refractivity contribution in [2.24, 2.45) is 10.9 Å². The minimum Gasteiger partial charge on any atom is -0.388 e. The molecule has 0 aromatic carbocycles. The van der Waals surface area contributed by atoms with Crippen molar-refractivity contribution in [3.8, 4) is 6.19 Å². The molecule has 0 aromatic rings. The monoisotopic (exact) mass is 162 g/mol. The van der Waals surface area contributed by atoms with Crippen molar-refractivity contribution in [3.63, 3.8) is 0 Å². The summed E-state index contributed by atoms with van der Waals surface area (Å²) in [6.07, 6.45) is 8.08. The fourth-order valence-electron chi connectivity index (χ4n) is 1.03. The van der Waals surface area contributed by atoms with Crippen LogP contribution in [0.2, 0.25) is 0 Å². The Morgan fingerprint density at radius 3 is 3.08 bits per heavy atom. The van der Waals surface area contributed by atoms with Gasteiger partial charge < -0.3 is 5.11 Å². The van der Waals surface area contributed by atoms with E-state index < -0.39 is 6.10 Å². The summed E-state index contributed by atoms with van der Waals surface area (Å²) in [4.78, 5) is 3.43. The van der Waals surface area contributed by atoms with Gasteiger partial charge in [0.2, 0.25) is 6.19 Å². The molecular weight excluding hydrogens is 152 g/mol. The fraction of sp³-hybridized carbons (Fsp3) is 0.333. The lowest BCUT2D eigenvalue weighted by Gasteiger charge is -2.15. The molecule has 1 rings (SSSR count). The average Bonchev–Trinajstić information content (AvgIpc) is 2.07. The Labute approximate surface area is 71.4 Å². The summed E-state index contributed by atoms with van der Waals surface area (Å²) in [6.45, 7) is 1.91. The molecule has 2 atom stereocenters. The van der Waals surface area contributed by atoms with E-state index in [1.54, 1.807) is 18.3 Å². The summed E-state index contributed by atoms with van der Waals surface area (Å²) < 4.78 is 0. The van der Waals surface area contributed by atoms with Gasteiger partial charge in [0.1, 0.15) is 0 Å². The maximum Gasteiger partial charge on any atom is 0.205 e. The maximum atomic E-state index is 9.28. The molecule has 0 aromatic heterocycles. The molecule has 0 radical (unpaired) electrons. The molecular formula is C9H10N2O. The highest BCUT2D eigenvalue weighted by Crippen LogP contribution is 2.15. The molecule has 0 bridgehead atoms. The minimum atomic E-state index is -0.413. The molecule has 1 aliphatic carbocycles. The molecule has 2 unspecified atom stereocenters. The number of nitrogens with zero attached hydrogens (tertiary/aromatic N) is 2. The third-order valence-electron chi connectivity index (χ3n) is 1.75. The standard InChI is InChI=1S/C9H10N2O/c1-7-4-8(5-11-6-10)2-3-9(7)12/h2-5,7,9,12H,1H3. The van der Waals surface area contributed by atoms with E-state index in [9.17, 15) is 5.11 Å². The number of hydrogen-bond donors (Lipinski definition) is 1. The van der Waals surface area contributed by atoms with Crippen molar-refractivity contribution in [3.05, 3.63) is 23.8 Å². The van der Waals surface area contributed by atoms with Crippen molar-refractivity contribution < 1.29 is 5.11 Å². The molecule has 0 aliphatic heterocycles. The molecule has 1 aliphatic rings. The molecule has 12 heavy (non-hydrogen) atoms. The van der Waals surface area contributed by atoms with Crippen LogP contribution in [-0.4, -0.2) is 17.4 Å². The quantitative estimate of drug-likeness (QED) is 0.462. The smallest absolute Gasteiger partial charge is 0.205 e. The summed E-state index contributed by atoms with van der Waals surface area (Å²) in [5.74, 6) is 0.0927. The van der Waals surface area contributed by atoms with Gasteiger partial charge in [-0.2, -0.15) is 10.3 Å². The highest BCUT2D eigenvalue weighted by atomic mass is 16.3. The average molecular weight is 162 g/mol. The predicted octanol–water partition coefficient (Wildman–Crippen LogP) is 1.03. The second kappa shape index (κ2) is 3.84.